The minimum absolute atomic E-state index is 0.0150. The summed E-state index contributed by atoms with van der Waals surface area (Å²) in [6.07, 6.45) is 0.995. The fraction of sp³-hybridized carbons (Fsp3) is 0.417. The topological polar surface area (TPSA) is 48.5 Å². The number of thioether (sulfide) groups is 1. The zero-order chi connectivity index (χ0) is 21.5. The summed E-state index contributed by atoms with van der Waals surface area (Å²) < 4.78 is 2.30. The number of nitrogens with zero attached hydrogens (tertiary/aromatic N) is 3. The van der Waals surface area contributed by atoms with Crippen LogP contribution >= 0.6 is 23.1 Å². The van der Waals surface area contributed by atoms with Crippen molar-refractivity contribution in [1.82, 2.24) is 20.1 Å². The minimum Gasteiger partial charge on any atom is -0.352 e. The van der Waals surface area contributed by atoms with Gasteiger partial charge in [-0.1, -0.05) is 43.0 Å². The van der Waals surface area contributed by atoms with E-state index in [4.69, 9.17) is 0 Å². The molecule has 0 saturated carbocycles. The molecule has 7 heteroatoms. The lowest BCUT2D eigenvalue weighted by Gasteiger charge is -2.33. The van der Waals surface area contributed by atoms with Crippen LogP contribution in [0.25, 0.3) is 10.2 Å². The number of piperazine rings is 1. The van der Waals surface area contributed by atoms with Gasteiger partial charge in [-0.25, -0.2) is 4.98 Å². The van der Waals surface area contributed by atoms with Gasteiger partial charge in [0.05, 0.1) is 10.2 Å². The molecule has 3 aromatic rings. The number of amides is 1. The smallest absolute Gasteiger partial charge is 0.251 e. The Kier molecular flexibility index (Phi) is 7.97. The fourth-order valence-electron chi connectivity index (χ4n) is 3.75. The third-order valence-corrected chi connectivity index (χ3v) is 7.95. The van der Waals surface area contributed by atoms with Gasteiger partial charge < -0.3 is 15.1 Å². The van der Waals surface area contributed by atoms with Gasteiger partial charge in [0.2, 0.25) is 0 Å². The molecule has 1 amide bonds. The van der Waals surface area contributed by atoms with Crippen molar-refractivity contribution in [2.45, 2.75) is 23.4 Å². The van der Waals surface area contributed by atoms with E-state index in [1.54, 1.807) is 23.1 Å². The van der Waals surface area contributed by atoms with Crippen LogP contribution in [0.15, 0.2) is 52.9 Å². The molecule has 0 atom stereocenters. The summed E-state index contributed by atoms with van der Waals surface area (Å²) >= 11 is 3.47. The summed E-state index contributed by atoms with van der Waals surface area (Å²) in [6.45, 7) is 9.74. The number of hydrogen-bond acceptors (Lipinski definition) is 6. The van der Waals surface area contributed by atoms with E-state index < -0.39 is 0 Å². The Morgan fingerprint density at radius 2 is 1.81 bits per heavy atom. The van der Waals surface area contributed by atoms with Crippen LogP contribution in [-0.4, -0.2) is 66.5 Å². The maximum Gasteiger partial charge on any atom is 0.251 e. The van der Waals surface area contributed by atoms with Crippen molar-refractivity contribution in [3.8, 4) is 0 Å². The first-order valence-corrected chi connectivity index (χ1v) is 12.8. The standard InChI is InChI=1S/C24H30N4OS2/c1-2-27-14-16-28(17-15-27)13-5-12-25-23(29)20-10-8-19(9-11-20)18-30-24-26-21-6-3-4-7-22(21)31-24/h3-4,6-11H,2,5,12-18H2,1H3,(H,25,29). The highest BCUT2D eigenvalue weighted by Crippen LogP contribution is 2.31. The second-order valence-corrected chi connectivity index (χ2v) is 10.1. The molecule has 5 nitrogen and oxygen atoms in total. The lowest BCUT2D eigenvalue weighted by molar-refractivity contribution is 0.0948. The number of para-hydroxylation sites is 1. The normalized spacial score (nSPS) is 15.4. The molecule has 1 N–H and O–H groups in total. The van der Waals surface area contributed by atoms with Gasteiger partial charge in [-0.2, -0.15) is 0 Å². The first-order valence-electron chi connectivity index (χ1n) is 11.0. The van der Waals surface area contributed by atoms with Gasteiger partial charge in [-0.05, 0) is 49.3 Å². The second kappa shape index (κ2) is 11.1. The molecule has 31 heavy (non-hydrogen) atoms. The number of hydrogen-bond donors (Lipinski definition) is 1. The molecule has 2 aromatic carbocycles. The highest BCUT2D eigenvalue weighted by molar-refractivity contribution is 8.00. The largest absolute Gasteiger partial charge is 0.352 e. The maximum absolute atomic E-state index is 12.4. The van der Waals surface area contributed by atoms with Crippen LogP contribution < -0.4 is 5.32 Å². The summed E-state index contributed by atoms with van der Waals surface area (Å²) in [5, 5.41) is 3.06. The fourth-order valence-corrected chi connectivity index (χ4v) is 5.77. The van der Waals surface area contributed by atoms with Gasteiger partial charge in [0.25, 0.3) is 5.91 Å². The van der Waals surface area contributed by atoms with Crippen LogP contribution in [0.4, 0.5) is 0 Å². The van der Waals surface area contributed by atoms with Crippen LogP contribution in [0.1, 0.15) is 29.3 Å². The van der Waals surface area contributed by atoms with E-state index in [9.17, 15) is 4.79 Å². The van der Waals surface area contributed by atoms with E-state index in [1.807, 2.05) is 36.4 Å². The third kappa shape index (κ3) is 6.29. The van der Waals surface area contributed by atoms with E-state index in [-0.39, 0.29) is 5.91 Å². The van der Waals surface area contributed by atoms with Crippen molar-refractivity contribution >= 4 is 39.2 Å². The Morgan fingerprint density at radius 3 is 2.55 bits per heavy atom. The van der Waals surface area contributed by atoms with Crippen LogP contribution in [0.5, 0.6) is 0 Å². The molecule has 1 aromatic heterocycles. The predicted octanol–water partition coefficient (Wildman–Crippen LogP) is 4.35. The molecular formula is C24H30N4OS2. The molecule has 1 aliphatic rings. The summed E-state index contributed by atoms with van der Waals surface area (Å²) in [4.78, 5) is 22.1. The van der Waals surface area contributed by atoms with Crippen LogP contribution in [0.2, 0.25) is 0 Å². The monoisotopic (exact) mass is 454 g/mol. The predicted molar refractivity (Wildman–Crippen MR) is 131 cm³/mol. The average molecular weight is 455 g/mol. The number of fused-ring (bicyclic) bond motifs is 1. The first kappa shape index (κ1) is 22.3. The third-order valence-electron chi connectivity index (χ3n) is 5.70. The highest BCUT2D eigenvalue weighted by atomic mass is 32.2. The van der Waals surface area contributed by atoms with Gasteiger partial charge in [0.15, 0.2) is 4.34 Å². The number of carbonyl (C=O) groups excluding carboxylic acids is 1. The molecule has 2 heterocycles. The Morgan fingerprint density at radius 1 is 1.06 bits per heavy atom. The number of aromatic nitrogens is 1. The van der Waals surface area contributed by atoms with Crippen molar-refractivity contribution in [2.24, 2.45) is 0 Å². The molecule has 0 aliphatic carbocycles. The van der Waals surface area contributed by atoms with Crippen LogP contribution in [0.3, 0.4) is 0 Å². The highest BCUT2D eigenvalue weighted by Gasteiger charge is 2.14. The van der Waals surface area contributed by atoms with Crippen LogP contribution in [0, 0.1) is 0 Å². The maximum atomic E-state index is 12.4. The number of thiazole rings is 1. The lowest BCUT2D eigenvalue weighted by atomic mass is 10.1. The first-order chi connectivity index (χ1) is 15.2. The van der Waals surface area contributed by atoms with E-state index in [2.05, 4.69) is 39.2 Å². The van der Waals surface area contributed by atoms with Gasteiger partial charge in [-0.3, -0.25) is 4.79 Å². The molecular weight excluding hydrogens is 424 g/mol. The molecule has 1 saturated heterocycles. The Hall–Kier alpha value is -1.93. The van der Waals surface area contributed by atoms with Crippen molar-refractivity contribution in [2.75, 3.05) is 45.8 Å². The summed E-state index contributed by atoms with van der Waals surface area (Å²) in [7, 11) is 0. The Balaban J connectivity index is 1.17. The molecule has 4 rings (SSSR count). The second-order valence-electron chi connectivity index (χ2n) is 7.82. The summed E-state index contributed by atoms with van der Waals surface area (Å²) in [6, 6.07) is 16.2. The molecule has 0 radical (unpaired) electrons. The number of benzene rings is 2. The summed E-state index contributed by atoms with van der Waals surface area (Å²) in [5.74, 6) is 0.869. The Bertz CT molecular complexity index is 948. The van der Waals surface area contributed by atoms with E-state index in [0.29, 0.717) is 0 Å². The quantitative estimate of drug-likeness (QED) is 0.385. The van der Waals surface area contributed by atoms with E-state index in [1.165, 1.54) is 10.3 Å². The number of likely N-dealkylation sites (N-methyl/N-ethyl adjacent to an activating group) is 1. The number of carbonyl (C=O) groups is 1. The van der Waals surface area contributed by atoms with Gasteiger partial charge in [0, 0.05) is 44.0 Å². The molecule has 1 aliphatic heterocycles. The number of nitrogens with one attached hydrogen (secondary N) is 1. The lowest BCUT2D eigenvalue weighted by Crippen LogP contribution is -2.46. The SMILES string of the molecule is CCN1CCN(CCCNC(=O)c2ccc(CSc3nc4ccccc4s3)cc2)CC1. The van der Waals surface area contributed by atoms with Gasteiger partial charge >= 0.3 is 0 Å². The van der Waals surface area contributed by atoms with Gasteiger partial charge in [0.1, 0.15) is 0 Å². The average Bonchev–Trinajstić information content (AvgIpc) is 3.24. The number of rotatable bonds is 9. The molecule has 0 spiro atoms. The molecule has 164 valence electrons. The molecule has 1 fully saturated rings. The minimum atomic E-state index is 0.0150. The van der Waals surface area contributed by atoms with Crippen LogP contribution in [-0.2, 0) is 5.75 Å². The van der Waals surface area contributed by atoms with Crippen molar-refractivity contribution in [3.63, 3.8) is 0 Å². The molecule has 0 bridgehead atoms. The van der Waals surface area contributed by atoms with E-state index in [0.717, 1.165) is 73.4 Å². The van der Waals surface area contributed by atoms with Crippen molar-refractivity contribution < 1.29 is 4.79 Å². The Labute approximate surface area is 192 Å². The molecule has 0 unspecified atom stereocenters. The van der Waals surface area contributed by atoms with E-state index >= 15 is 0 Å². The summed E-state index contributed by atoms with van der Waals surface area (Å²) in [5.41, 5.74) is 2.99. The van der Waals surface area contributed by atoms with Gasteiger partial charge in [-0.15, -0.1) is 11.3 Å². The zero-order valence-electron chi connectivity index (χ0n) is 18.0. The zero-order valence-corrected chi connectivity index (χ0v) is 19.7. The van der Waals surface area contributed by atoms with Crippen molar-refractivity contribution in [1.29, 1.82) is 0 Å². The van der Waals surface area contributed by atoms with Crippen molar-refractivity contribution in [3.05, 3.63) is 59.7 Å².